The second kappa shape index (κ2) is 9.70. The highest BCUT2D eigenvalue weighted by molar-refractivity contribution is 5.79. The summed E-state index contributed by atoms with van der Waals surface area (Å²) in [6.45, 7) is 4.22. The Kier molecular flexibility index (Phi) is 6.80. The van der Waals surface area contributed by atoms with Crippen molar-refractivity contribution in [3.05, 3.63) is 30.1 Å². The third-order valence-corrected chi connectivity index (χ3v) is 6.81. The van der Waals surface area contributed by atoms with Crippen LogP contribution in [0.15, 0.2) is 24.5 Å². The van der Waals surface area contributed by atoms with Crippen molar-refractivity contribution in [2.24, 2.45) is 11.8 Å². The Bertz CT molecular complexity index is 683. The van der Waals surface area contributed by atoms with Crippen LogP contribution in [0.3, 0.4) is 0 Å². The van der Waals surface area contributed by atoms with Crippen LogP contribution in [-0.2, 0) is 16.1 Å². The summed E-state index contributed by atoms with van der Waals surface area (Å²) in [5.41, 5.74) is 1.03. The minimum absolute atomic E-state index is 0.0682. The molecule has 6 heteroatoms. The van der Waals surface area contributed by atoms with Gasteiger partial charge in [-0.05, 0) is 56.2 Å². The molecule has 158 valence electrons. The smallest absolute Gasteiger partial charge is 0.224 e. The summed E-state index contributed by atoms with van der Waals surface area (Å²) in [6.07, 6.45) is 12.1. The Balaban J connectivity index is 1.20. The van der Waals surface area contributed by atoms with Crippen LogP contribution in [0.4, 0.5) is 0 Å². The number of hydrogen-bond donors (Lipinski definition) is 1. The van der Waals surface area contributed by atoms with E-state index in [1.807, 2.05) is 12.1 Å². The third-order valence-electron chi connectivity index (χ3n) is 6.81. The van der Waals surface area contributed by atoms with E-state index in [0.717, 1.165) is 76.2 Å². The van der Waals surface area contributed by atoms with Crippen molar-refractivity contribution in [2.45, 2.75) is 64.0 Å². The standard InChI is InChI=1S/C23H34N4O2/c28-22(8-7-18-5-6-18)26-13-9-21(10-14-26)27-12-2-4-20(17-27)23(29)25-16-19-3-1-11-24-15-19/h1,3,11,15,18,20-21H,2,4-10,12-14,16-17H2,(H,25,29)/t20-/m0/s1. The van der Waals surface area contributed by atoms with Crippen molar-refractivity contribution in [3.63, 3.8) is 0 Å². The molecule has 0 radical (unpaired) electrons. The molecule has 4 rings (SSSR count). The molecule has 1 saturated carbocycles. The Morgan fingerprint density at radius 2 is 1.93 bits per heavy atom. The van der Waals surface area contributed by atoms with Crippen molar-refractivity contribution in [3.8, 4) is 0 Å². The fourth-order valence-electron chi connectivity index (χ4n) is 4.76. The second-order valence-corrected chi connectivity index (χ2v) is 9.01. The maximum absolute atomic E-state index is 12.7. The second-order valence-electron chi connectivity index (χ2n) is 9.01. The highest BCUT2D eigenvalue weighted by Crippen LogP contribution is 2.34. The summed E-state index contributed by atoms with van der Waals surface area (Å²) in [6, 6.07) is 4.39. The molecule has 2 saturated heterocycles. The molecule has 29 heavy (non-hydrogen) atoms. The number of likely N-dealkylation sites (tertiary alicyclic amines) is 2. The molecule has 0 bridgehead atoms. The highest BCUT2D eigenvalue weighted by atomic mass is 16.2. The van der Waals surface area contributed by atoms with E-state index in [4.69, 9.17) is 0 Å². The summed E-state index contributed by atoms with van der Waals surface area (Å²) in [4.78, 5) is 33.7. The lowest BCUT2D eigenvalue weighted by Crippen LogP contribution is -2.51. The Hall–Kier alpha value is -1.95. The average Bonchev–Trinajstić information content (AvgIpc) is 3.61. The molecule has 3 aliphatic rings. The highest BCUT2D eigenvalue weighted by Gasteiger charge is 2.32. The molecular formula is C23H34N4O2. The summed E-state index contributed by atoms with van der Waals surface area (Å²) in [5.74, 6) is 1.40. The zero-order valence-electron chi connectivity index (χ0n) is 17.4. The van der Waals surface area contributed by atoms with E-state index in [9.17, 15) is 9.59 Å². The molecule has 2 amide bonds. The number of hydrogen-bond acceptors (Lipinski definition) is 4. The number of piperidine rings is 2. The predicted molar refractivity (Wildman–Crippen MR) is 112 cm³/mol. The van der Waals surface area contributed by atoms with Crippen LogP contribution in [0, 0.1) is 11.8 Å². The first-order chi connectivity index (χ1) is 14.2. The van der Waals surface area contributed by atoms with Gasteiger partial charge in [-0.25, -0.2) is 0 Å². The number of amides is 2. The van der Waals surface area contributed by atoms with E-state index in [-0.39, 0.29) is 11.8 Å². The molecular weight excluding hydrogens is 364 g/mol. The van der Waals surface area contributed by atoms with Gasteiger partial charge in [-0.2, -0.15) is 0 Å². The first kappa shape index (κ1) is 20.3. The van der Waals surface area contributed by atoms with E-state index in [1.165, 1.54) is 12.8 Å². The molecule has 1 N–H and O–H groups in total. The van der Waals surface area contributed by atoms with E-state index < -0.39 is 0 Å². The third kappa shape index (κ3) is 5.78. The van der Waals surface area contributed by atoms with Gasteiger partial charge in [-0.15, -0.1) is 0 Å². The SMILES string of the molecule is O=C(NCc1cccnc1)[C@H]1CCCN(C2CCN(C(=O)CCC3CC3)CC2)C1. The number of nitrogens with one attached hydrogen (secondary N) is 1. The normalized spacial score (nSPS) is 23.7. The van der Waals surface area contributed by atoms with Gasteiger partial charge in [-0.3, -0.25) is 19.5 Å². The summed E-state index contributed by atoms with van der Waals surface area (Å²) in [7, 11) is 0. The van der Waals surface area contributed by atoms with Crippen molar-refractivity contribution in [2.75, 3.05) is 26.2 Å². The number of aromatic nitrogens is 1. The summed E-state index contributed by atoms with van der Waals surface area (Å²) >= 11 is 0. The number of pyridine rings is 1. The maximum atomic E-state index is 12.7. The van der Waals surface area contributed by atoms with Gasteiger partial charge in [0.1, 0.15) is 0 Å². The minimum atomic E-state index is 0.0682. The molecule has 3 heterocycles. The first-order valence-corrected chi connectivity index (χ1v) is 11.4. The molecule has 2 aliphatic heterocycles. The van der Waals surface area contributed by atoms with Crippen LogP contribution in [-0.4, -0.2) is 58.8 Å². The van der Waals surface area contributed by atoms with E-state index in [0.29, 0.717) is 18.5 Å². The Labute approximate surface area is 174 Å². The first-order valence-electron chi connectivity index (χ1n) is 11.4. The Morgan fingerprint density at radius 3 is 2.66 bits per heavy atom. The quantitative estimate of drug-likeness (QED) is 0.767. The van der Waals surface area contributed by atoms with Gasteiger partial charge >= 0.3 is 0 Å². The molecule has 0 unspecified atom stereocenters. The number of nitrogens with zero attached hydrogens (tertiary/aromatic N) is 3. The van der Waals surface area contributed by atoms with Crippen molar-refractivity contribution >= 4 is 11.8 Å². The van der Waals surface area contributed by atoms with Crippen LogP contribution in [0.25, 0.3) is 0 Å². The summed E-state index contributed by atoms with van der Waals surface area (Å²) < 4.78 is 0. The van der Waals surface area contributed by atoms with Crippen molar-refractivity contribution in [1.29, 1.82) is 0 Å². The molecule has 1 aromatic heterocycles. The molecule has 1 aromatic rings. The zero-order chi connectivity index (χ0) is 20.1. The molecule has 3 fully saturated rings. The van der Waals surface area contributed by atoms with Gasteiger partial charge in [0, 0.05) is 51.0 Å². The fraction of sp³-hybridized carbons (Fsp3) is 0.696. The van der Waals surface area contributed by atoms with Gasteiger partial charge in [0.25, 0.3) is 0 Å². The van der Waals surface area contributed by atoms with Gasteiger partial charge < -0.3 is 10.2 Å². The van der Waals surface area contributed by atoms with Crippen LogP contribution in [0.2, 0.25) is 0 Å². The lowest BCUT2D eigenvalue weighted by atomic mass is 9.93. The molecule has 0 aromatic carbocycles. The average molecular weight is 399 g/mol. The zero-order valence-corrected chi connectivity index (χ0v) is 17.4. The Morgan fingerprint density at radius 1 is 1.10 bits per heavy atom. The predicted octanol–water partition coefficient (Wildman–Crippen LogP) is 2.59. The van der Waals surface area contributed by atoms with Gasteiger partial charge in [0.05, 0.1) is 5.92 Å². The number of carbonyl (C=O) groups is 2. The topological polar surface area (TPSA) is 65.5 Å². The lowest BCUT2D eigenvalue weighted by Gasteiger charge is -2.42. The maximum Gasteiger partial charge on any atom is 0.224 e. The number of rotatable bonds is 7. The van der Waals surface area contributed by atoms with Crippen molar-refractivity contribution in [1.82, 2.24) is 20.1 Å². The molecule has 6 nitrogen and oxygen atoms in total. The monoisotopic (exact) mass is 398 g/mol. The summed E-state index contributed by atoms with van der Waals surface area (Å²) in [5, 5.41) is 3.08. The van der Waals surface area contributed by atoms with Gasteiger partial charge in [0.15, 0.2) is 0 Å². The lowest BCUT2D eigenvalue weighted by molar-refractivity contribution is -0.133. The molecule has 1 atom stereocenters. The van der Waals surface area contributed by atoms with E-state index in [1.54, 1.807) is 12.4 Å². The van der Waals surface area contributed by atoms with Crippen LogP contribution in [0.5, 0.6) is 0 Å². The van der Waals surface area contributed by atoms with Crippen LogP contribution in [0.1, 0.15) is 56.9 Å². The molecule has 0 spiro atoms. The fourth-order valence-corrected chi connectivity index (χ4v) is 4.76. The van der Waals surface area contributed by atoms with E-state index in [2.05, 4.69) is 20.1 Å². The van der Waals surface area contributed by atoms with E-state index >= 15 is 0 Å². The largest absolute Gasteiger partial charge is 0.352 e. The van der Waals surface area contributed by atoms with Crippen molar-refractivity contribution < 1.29 is 9.59 Å². The number of carbonyl (C=O) groups excluding carboxylic acids is 2. The minimum Gasteiger partial charge on any atom is -0.352 e. The molecule has 1 aliphatic carbocycles. The van der Waals surface area contributed by atoms with Crippen LogP contribution >= 0.6 is 0 Å². The van der Waals surface area contributed by atoms with Gasteiger partial charge in [0.2, 0.25) is 11.8 Å². The van der Waals surface area contributed by atoms with Crippen LogP contribution < -0.4 is 5.32 Å². The van der Waals surface area contributed by atoms with Gasteiger partial charge in [-0.1, -0.05) is 18.9 Å².